The second-order valence-electron chi connectivity index (χ2n) is 5.65. The minimum Gasteiger partial charge on any atom is -0.316 e. The van der Waals surface area contributed by atoms with Crippen LogP contribution in [0.3, 0.4) is 0 Å². The molecule has 0 spiro atoms. The van der Waals surface area contributed by atoms with E-state index in [1.54, 1.807) is 12.1 Å². The summed E-state index contributed by atoms with van der Waals surface area (Å²) in [6, 6.07) is 4.95. The highest BCUT2D eigenvalue weighted by molar-refractivity contribution is 9.10. The molecule has 19 heavy (non-hydrogen) atoms. The topological polar surface area (TPSA) is 12.0 Å². The minimum atomic E-state index is -0.149. The van der Waals surface area contributed by atoms with E-state index in [4.69, 9.17) is 0 Å². The SMILES string of the molecule is CCCC(CNCC(C)C)Cc1cc(F)ccc1Br. The molecule has 3 heteroatoms. The van der Waals surface area contributed by atoms with Crippen molar-refractivity contribution in [3.63, 3.8) is 0 Å². The van der Waals surface area contributed by atoms with Crippen LogP contribution in [0.25, 0.3) is 0 Å². The summed E-state index contributed by atoms with van der Waals surface area (Å²) in [5, 5.41) is 3.52. The minimum absolute atomic E-state index is 0.149. The Hall–Kier alpha value is -0.410. The number of nitrogens with one attached hydrogen (secondary N) is 1. The Morgan fingerprint density at radius 2 is 2.00 bits per heavy atom. The number of hydrogen-bond donors (Lipinski definition) is 1. The molecule has 1 nitrogen and oxygen atoms in total. The Morgan fingerprint density at radius 3 is 2.63 bits per heavy atom. The lowest BCUT2D eigenvalue weighted by Crippen LogP contribution is -2.27. The van der Waals surface area contributed by atoms with E-state index in [-0.39, 0.29) is 5.82 Å². The number of hydrogen-bond acceptors (Lipinski definition) is 1. The van der Waals surface area contributed by atoms with Crippen molar-refractivity contribution in [1.29, 1.82) is 0 Å². The highest BCUT2D eigenvalue weighted by Crippen LogP contribution is 2.22. The zero-order valence-corrected chi connectivity index (χ0v) is 13.8. The summed E-state index contributed by atoms with van der Waals surface area (Å²) in [7, 11) is 0. The molecular formula is C16H25BrFN. The lowest BCUT2D eigenvalue weighted by molar-refractivity contribution is 0.420. The van der Waals surface area contributed by atoms with E-state index in [0.717, 1.165) is 29.5 Å². The molecule has 1 unspecified atom stereocenters. The highest BCUT2D eigenvalue weighted by Gasteiger charge is 2.12. The molecule has 1 atom stereocenters. The van der Waals surface area contributed by atoms with Crippen LogP contribution < -0.4 is 5.32 Å². The van der Waals surface area contributed by atoms with Crippen LogP contribution in [0, 0.1) is 17.7 Å². The number of halogens is 2. The van der Waals surface area contributed by atoms with Crippen LogP contribution >= 0.6 is 15.9 Å². The summed E-state index contributed by atoms with van der Waals surface area (Å²) >= 11 is 3.51. The number of benzene rings is 1. The third kappa shape index (κ3) is 6.53. The van der Waals surface area contributed by atoms with Crippen molar-refractivity contribution in [2.24, 2.45) is 11.8 Å². The summed E-state index contributed by atoms with van der Waals surface area (Å²) in [4.78, 5) is 0. The molecule has 1 N–H and O–H groups in total. The second kappa shape index (κ2) is 8.70. The third-order valence-electron chi connectivity index (χ3n) is 3.20. The van der Waals surface area contributed by atoms with Crippen molar-refractivity contribution in [2.45, 2.75) is 40.0 Å². The average Bonchev–Trinajstić information content (AvgIpc) is 2.33. The number of rotatable bonds is 8. The summed E-state index contributed by atoms with van der Waals surface area (Å²) in [6.45, 7) is 8.69. The van der Waals surface area contributed by atoms with Gasteiger partial charge in [-0.2, -0.15) is 0 Å². The molecule has 0 aliphatic carbocycles. The maximum absolute atomic E-state index is 13.3. The predicted octanol–water partition coefficient (Wildman–Crippen LogP) is 4.79. The van der Waals surface area contributed by atoms with Gasteiger partial charge in [-0.3, -0.25) is 0 Å². The first-order chi connectivity index (χ1) is 9.02. The van der Waals surface area contributed by atoms with E-state index in [9.17, 15) is 4.39 Å². The molecule has 1 aromatic rings. The Morgan fingerprint density at radius 1 is 1.26 bits per heavy atom. The van der Waals surface area contributed by atoms with Crippen LogP contribution in [0.1, 0.15) is 39.2 Å². The van der Waals surface area contributed by atoms with Gasteiger partial charge in [0, 0.05) is 4.47 Å². The molecule has 0 aliphatic heterocycles. The summed E-state index contributed by atoms with van der Waals surface area (Å²) in [6.07, 6.45) is 3.27. The molecule has 0 aromatic heterocycles. The lowest BCUT2D eigenvalue weighted by atomic mass is 9.94. The average molecular weight is 330 g/mol. The third-order valence-corrected chi connectivity index (χ3v) is 3.97. The van der Waals surface area contributed by atoms with Crippen LogP contribution in [0.2, 0.25) is 0 Å². The van der Waals surface area contributed by atoms with Gasteiger partial charge in [-0.25, -0.2) is 4.39 Å². The maximum atomic E-state index is 13.3. The molecule has 0 saturated heterocycles. The molecule has 1 aromatic carbocycles. The maximum Gasteiger partial charge on any atom is 0.123 e. The van der Waals surface area contributed by atoms with Gasteiger partial charge < -0.3 is 5.32 Å². The van der Waals surface area contributed by atoms with Crippen LogP contribution in [0.5, 0.6) is 0 Å². The van der Waals surface area contributed by atoms with E-state index in [1.165, 1.54) is 18.9 Å². The van der Waals surface area contributed by atoms with Crippen molar-refractivity contribution in [3.05, 3.63) is 34.1 Å². The van der Waals surface area contributed by atoms with Gasteiger partial charge in [0.25, 0.3) is 0 Å². The van der Waals surface area contributed by atoms with Gasteiger partial charge in [0.15, 0.2) is 0 Å². The van der Waals surface area contributed by atoms with Gasteiger partial charge >= 0.3 is 0 Å². The second-order valence-corrected chi connectivity index (χ2v) is 6.50. The van der Waals surface area contributed by atoms with Crippen molar-refractivity contribution < 1.29 is 4.39 Å². The summed E-state index contributed by atoms with van der Waals surface area (Å²) in [5.41, 5.74) is 1.07. The van der Waals surface area contributed by atoms with Crippen LogP contribution in [0.15, 0.2) is 22.7 Å². The normalized spacial score (nSPS) is 12.9. The standard InChI is InChI=1S/C16H25BrFN/c1-4-5-13(11-19-10-12(2)3)8-14-9-15(18)6-7-16(14)17/h6-7,9,12-13,19H,4-5,8,10-11H2,1-3H3. The smallest absolute Gasteiger partial charge is 0.123 e. The Balaban J connectivity index is 2.58. The summed E-state index contributed by atoms with van der Waals surface area (Å²) in [5.74, 6) is 1.09. The molecule has 0 bridgehead atoms. The largest absolute Gasteiger partial charge is 0.316 e. The van der Waals surface area contributed by atoms with Gasteiger partial charge in [0.2, 0.25) is 0 Å². The molecule has 0 saturated carbocycles. The summed E-state index contributed by atoms with van der Waals surface area (Å²) < 4.78 is 14.3. The van der Waals surface area contributed by atoms with Gasteiger partial charge in [-0.1, -0.05) is 43.1 Å². The van der Waals surface area contributed by atoms with Crippen LogP contribution in [-0.4, -0.2) is 13.1 Å². The molecular weight excluding hydrogens is 305 g/mol. The first kappa shape index (κ1) is 16.6. The highest BCUT2D eigenvalue weighted by atomic mass is 79.9. The van der Waals surface area contributed by atoms with Crippen molar-refractivity contribution in [3.8, 4) is 0 Å². The zero-order chi connectivity index (χ0) is 14.3. The van der Waals surface area contributed by atoms with Gasteiger partial charge in [-0.15, -0.1) is 0 Å². The Bertz CT molecular complexity index is 379. The first-order valence-electron chi connectivity index (χ1n) is 7.17. The Kier molecular flexibility index (Phi) is 7.62. The molecule has 0 amide bonds. The van der Waals surface area contributed by atoms with Crippen molar-refractivity contribution in [2.75, 3.05) is 13.1 Å². The first-order valence-corrected chi connectivity index (χ1v) is 7.96. The van der Waals surface area contributed by atoms with Crippen molar-refractivity contribution in [1.82, 2.24) is 5.32 Å². The zero-order valence-electron chi connectivity index (χ0n) is 12.2. The fourth-order valence-electron chi connectivity index (χ4n) is 2.27. The fraction of sp³-hybridized carbons (Fsp3) is 0.625. The van der Waals surface area contributed by atoms with Gasteiger partial charge in [0.05, 0.1) is 0 Å². The van der Waals surface area contributed by atoms with Gasteiger partial charge in [-0.05, 0) is 61.5 Å². The van der Waals surface area contributed by atoms with Crippen LogP contribution in [0.4, 0.5) is 4.39 Å². The quantitative estimate of drug-likeness (QED) is 0.722. The van der Waals surface area contributed by atoms with Gasteiger partial charge in [0.1, 0.15) is 5.82 Å². The Labute approximate surface area is 125 Å². The predicted molar refractivity (Wildman–Crippen MR) is 83.9 cm³/mol. The molecule has 0 fully saturated rings. The van der Waals surface area contributed by atoms with Crippen molar-refractivity contribution >= 4 is 15.9 Å². The van der Waals surface area contributed by atoms with E-state index in [1.807, 2.05) is 0 Å². The monoisotopic (exact) mass is 329 g/mol. The molecule has 0 aliphatic rings. The molecule has 108 valence electrons. The van der Waals surface area contributed by atoms with E-state index in [0.29, 0.717) is 11.8 Å². The molecule has 1 rings (SSSR count). The molecule has 0 heterocycles. The fourth-order valence-corrected chi connectivity index (χ4v) is 2.68. The van der Waals surface area contributed by atoms with E-state index < -0.39 is 0 Å². The lowest BCUT2D eigenvalue weighted by Gasteiger charge is -2.18. The molecule has 0 radical (unpaired) electrons. The van der Waals surface area contributed by atoms with E-state index in [2.05, 4.69) is 42.0 Å². The van der Waals surface area contributed by atoms with E-state index >= 15 is 0 Å². The van der Waals surface area contributed by atoms with Crippen LogP contribution in [-0.2, 0) is 6.42 Å².